The second kappa shape index (κ2) is 10.6. The second-order valence-electron chi connectivity index (χ2n) is 7.79. The van der Waals surface area contributed by atoms with E-state index in [4.69, 9.17) is 14.7 Å². The minimum atomic E-state index is -0.342. The maximum atomic E-state index is 12.6. The van der Waals surface area contributed by atoms with Crippen molar-refractivity contribution >= 4 is 6.09 Å². The molecule has 1 atom stereocenters. The fraction of sp³-hybridized carbons (Fsp3) is 0.333. The Morgan fingerprint density at radius 3 is 2.67 bits per heavy atom. The monoisotopic (exact) mass is 446 g/mol. The number of carbonyl (C=O) groups is 1. The minimum absolute atomic E-state index is 0.0956. The van der Waals surface area contributed by atoms with Crippen molar-refractivity contribution in [3.8, 4) is 11.9 Å². The van der Waals surface area contributed by atoms with Gasteiger partial charge in [-0.15, -0.1) is 0 Å². The summed E-state index contributed by atoms with van der Waals surface area (Å²) in [5, 5.41) is 9.04. The molecule has 1 fully saturated rings. The Hall–Kier alpha value is -3.90. The maximum absolute atomic E-state index is 12.6. The molecule has 3 heterocycles. The van der Waals surface area contributed by atoms with E-state index in [-0.39, 0.29) is 18.7 Å². The summed E-state index contributed by atoms with van der Waals surface area (Å²) >= 11 is 0. The van der Waals surface area contributed by atoms with Crippen LogP contribution in [0.15, 0.2) is 55.1 Å². The topological polar surface area (TPSA) is 107 Å². The number of amides is 1. The lowest BCUT2D eigenvalue weighted by Crippen LogP contribution is -2.50. The number of piperazine rings is 1. The first-order chi connectivity index (χ1) is 16.2. The molecule has 0 spiro atoms. The van der Waals surface area contributed by atoms with Crippen LogP contribution in [0.25, 0.3) is 0 Å². The van der Waals surface area contributed by atoms with Gasteiger partial charge in [0, 0.05) is 38.6 Å². The summed E-state index contributed by atoms with van der Waals surface area (Å²) in [5.41, 5.74) is 3.54. The molecule has 33 heavy (non-hydrogen) atoms. The molecule has 1 amide bonds. The normalized spacial score (nSPS) is 15.0. The zero-order valence-electron chi connectivity index (χ0n) is 18.5. The van der Waals surface area contributed by atoms with E-state index in [1.54, 1.807) is 30.6 Å². The molecular formula is C24H26N6O3. The van der Waals surface area contributed by atoms with Gasteiger partial charge in [0.05, 0.1) is 42.4 Å². The van der Waals surface area contributed by atoms with Gasteiger partial charge in [0.1, 0.15) is 6.61 Å². The van der Waals surface area contributed by atoms with Crippen molar-refractivity contribution in [3.05, 3.63) is 77.5 Å². The van der Waals surface area contributed by atoms with Gasteiger partial charge in [-0.3, -0.25) is 4.90 Å². The number of benzene rings is 1. The third-order valence-electron chi connectivity index (χ3n) is 5.80. The van der Waals surface area contributed by atoms with Crippen molar-refractivity contribution in [2.75, 3.05) is 33.3 Å². The Labute approximate surface area is 192 Å². The van der Waals surface area contributed by atoms with Gasteiger partial charge in [-0.05, 0) is 36.2 Å². The fourth-order valence-corrected chi connectivity index (χ4v) is 3.99. The Bertz CT molecular complexity index is 1090. The van der Waals surface area contributed by atoms with Crippen molar-refractivity contribution in [2.45, 2.75) is 19.1 Å². The highest BCUT2D eigenvalue weighted by Crippen LogP contribution is 2.25. The van der Waals surface area contributed by atoms with Crippen LogP contribution in [0.3, 0.4) is 0 Å². The molecule has 1 unspecified atom stereocenters. The van der Waals surface area contributed by atoms with E-state index in [1.807, 2.05) is 36.5 Å². The Morgan fingerprint density at radius 1 is 1.21 bits per heavy atom. The van der Waals surface area contributed by atoms with E-state index < -0.39 is 0 Å². The molecule has 170 valence electrons. The number of aromatic amines is 1. The number of carbonyl (C=O) groups excluding carboxylic acids is 1. The average Bonchev–Trinajstić information content (AvgIpc) is 3.41. The van der Waals surface area contributed by atoms with Crippen molar-refractivity contribution < 1.29 is 14.3 Å². The van der Waals surface area contributed by atoms with Gasteiger partial charge in [-0.25, -0.2) is 14.8 Å². The first kappa shape index (κ1) is 22.3. The molecule has 1 saturated heterocycles. The molecule has 1 N–H and O–H groups in total. The Morgan fingerprint density at radius 2 is 2.00 bits per heavy atom. The minimum Gasteiger partial charge on any atom is -0.481 e. The number of methoxy groups -OCH3 is 1. The summed E-state index contributed by atoms with van der Waals surface area (Å²) in [5.74, 6) is 0.459. The first-order valence-corrected chi connectivity index (χ1v) is 10.8. The summed E-state index contributed by atoms with van der Waals surface area (Å²) in [6.07, 6.45) is 5.60. The van der Waals surface area contributed by atoms with Gasteiger partial charge in [0.2, 0.25) is 5.88 Å². The van der Waals surface area contributed by atoms with Crippen LogP contribution in [0, 0.1) is 11.3 Å². The molecule has 9 nitrogen and oxygen atoms in total. The lowest BCUT2D eigenvalue weighted by molar-refractivity contribution is 0.0584. The van der Waals surface area contributed by atoms with Gasteiger partial charge >= 0.3 is 6.09 Å². The van der Waals surface area contributed by atoms with Crippen molar-refractivity contribution in [1.82, 2.24) is 24.8 Å². The van der Waals surface area contributed by atoms with Crippen LogP contribution in [0.1, 0.15) is 28.4 Å². The van der Waals surface area contributed by atoms with E-state index in [0.717, 1.165) is 23.2 Å². The second-order valence-corrected chi connectivity index (χ2v) is 7.79. The first-order valence-electron chi connectivity index (χ1n) is 10.8. The van der Waals surface area contributed by atoms with E-state index in [9.17, 15) is 4.79 Å². The van der Waals surface area contributed by atoms with Crippen LogP contribution in [0.2, 0.25) is 0 Å². The molecule has 1 aliphatic rings. The fourth-order valence-electron chi connectivity index (χ4n) is 3.99. The van der Waals surface area contributed by atoms with Crippen LogP contribution in [0.4, 0.5) is 4.79 Å². The number of imidazole rings is 1. The number of hydrogen-bond donors (Lipinski definition) is 1. The summed E-state index contributed by atoms with van der Waals surface area (Å²) < 4.78 is 10.7. The molecule has 1 aliphatic heterocycles. The van der Waals surface area contributed by atoms with Gasteiger partial charge in [0.25, 0.3) is 0 Å². The summed E-state index contributed by atoms with van der Waals surface area (Å²) in [4.78, 5) is 28.2. The van der Waals surface area contributed by atoms with Gasteiger partial charge < -0.3 is 19.4 Å². The molecule has 0 saturated carbocycles. The molecule has 0 radical (unpaired) electrons. The number of hydrogen-bond acceptors (Lipinski definition) is 7. The summed E-state index contributed by atoms with van der Waals surface area (Å²) in [6.45, 7) is 2.68. The maximum Gasteiger partial charge on any atom is 0.410 e. The molecule has 0 aliphatic carbocycles. The summed E-state index contributed by atoms with van der Waals surface area (Å²) in [7, 11) is 1.54. The largest absolute Gasteiger partial charge is 0.481 e. The molecule has 1 aromatic carbocycles. The quantitative estimate of drug-likeness (QED) is 0.595. The highest BCUT2D eigenvalue weighted by molar-refractivity contribution is 5.67. The highest BCUT2D eigenvalue weighted by Gasteiger charge is 2.28. The number of nitriles is 1. The Balaban J connectivity index is 1.36. The average molecular weight is 447 g/mol. The molecule has 0 bridgehead atoms. The van der Waals surface area contributed by atoms with Crippen LogP contribution < -0.4 is 4.74 Å². The summed E-state index contributed by atoms with van der Waals surface area (Å²) in [6, 6.07) is 13.5. The molecular weight excluding hydrogens is 420 g/mol. The SMILES string of the molecule is COc1ncccc1COC(=O)N1CCN(C(Cc2ccc(C#N)cc2)c2cnc[nH]2)CC1. The van der Waals surface area contributed by atoms with E-state index >= 15 is 0 Å². The molecule has 4 rings (SSSR count). The van der Waals surface area contributed by atoms with Crippen LogP contribution >= 0.6 is 0 Å². The Kier molecular flexibility index (Phi) is 7.17. The predicted molar refractivity (Wildman–Crippen MR) is 120 cm³/mol. The lowest BCUT2D eigenvalue weighted by atomic mass is 10.0. The number of rotatable bonds is 7. The number of aromatic nitrogens is 3. The smallest absolute Gasteiger partial charge is 0.410 e. The van der Waals surface area contributed by atoms with Crippen LogP contribution in [0.5, 0.6) is 5.88 Å². The third kappa shape index (κ3) is 5.48. The van der Waals surface area contributed by atoms with E-state index in [1.165, 1.54) is 0 Å². The number of nitrogens with one attached hydrogen (secondary N) is 1. The zero-order chi connectivity index (χ0) is 23.0. The number of pyridine rings is 1. The van der Waals surface area contributed by atoms with Crippen molar-refractivity contribution in [1.29, 1.82) is 5.26 Å². The van der Waals surface area contributed by atoms with Gasteiger partial charge in [-0.1, -0.05) is 12.1 Å². The molecule has 2 aromatic heterocycles. The van der Waals surface area contributed by atoms with Crippen molar-refractivity contribution in [2.24, 2.45) is 0 Å². The number of H-pyrrole nitrogens is 1. The lowest BCUT2D eigenvalue weighted by Gasteiger charge is -2.38. The highest BCUT2D eigenvalue weighted by atomic mass is 16.6. The number of nitrogens with zero attached hydrogens (tertiary/aromatic N) is 5. The zero-order valence-corrected chi connectivity index (χ0v) is 18.5. The van der Waals surface area contributed by atoms with Crippen molar-refractivity contribution in [3.63, 3.8) is 0 Å². The third-order valence-corrected chi connectivity index (χ3v) is 5.80. The van der Waals surface area contributed by atoms with E-state index in [0.29, 0.717) is 37.6 Å². The standard InChI is InChI=1S/C24H26N6O3/c1-32-23-20(3-2-8-27-23)16-33-24(31)30-11-9-29(10-12-30)22(21-15-26-17-28-21)13-18-4-6-19(14-25)7-5-18/h2-8,15,17,22H,9-13,16H2,1H3,(H,26,28). The molecule has 3 aromatic rings. The van der Waals surface area contributed by atoms with Gasteiger partial charge in [-0.2, -0.15) is 5.26 Å². The van der Waals surface area contributed by atoms with Gasteiger partial charge in [0.15, 0.2) is 0 Å². The predicted octanol–water partition coefficient (Wildman–Crippen LogP) is 2.92. The van der Waals surface area contributed by atoms with Crippen LogP contribution in [-0.2, 0) is 17.8 Å². The van der Waals surface area contributed by atoms with E-state index in [2.05, 4.69) is 25.9 Å². The number of ether oxygens (including phenoxy) is 2. The molecule has 9 heteroatoms. The van der Waals surface area contributed by atoms with Crippen LogP contribution in [-0.4, -0.2) is 64.1 Å².